The van der Waals surface area contributed by atoms with Gasteiger partial charge in [-0.15, -0.1) is 0 Å². The first kappa shape index (κ1) is 11.0. The summed E-state index contributed by atoms with van der Waals surface area (Å²) >= 11 is 0. The molecule has 0 aliphatic rings. The van der Waals surface area contributed by atoms with Crippen LogP contribution in [-0.4, -0.2) is 19.6 Å². The molecule has 0 saturated carbocycles. The van der Waals surface area contributed by atoms with Crippen molar-refractivity contribution in [3.8, 4) is 0 Å². The fourth-order valence-electron chi connectivity index (χ4n) is 0.0833. The van der Waals surface area contributed by atoms with Gasteiger partial charge in [-0.1, -0.05) is 13.5 Å². The van der Waals surface area contributed by atoms with Crippen LogP contribution in [0.25, 0.3) is 0 Å². The zero-order chi connectivity index (χ0) is 7.70. The standard InChI is InChI=1S/C4H6O2.C2H7N/c1-3-4(5)6-2;1-2-3/h3H,1H2,2H3;2-3H2,1H3. The first-order valence-corrected chi connectivity index (χ1v) is 2.63. The molecule has 54 valence electrons. The molecular formula is C6H13NO2. The van der Waals surface area contributed by atoms with E-state index in [0.29, 0.717) is 0 Å². The molecule has 0 aliphatic heterocycles. The summed E-state index contributed by atoms with van der Waals surface area (Å²) in [6.45, 7) is 5.81. The summed E-state index contributed by atoms with van der Waals surface area (Å²) in [4.78, 5) is 9.84. The SMILES string of the molecule is C=CC(=O)OC.CCN. The molecule has 0 spiro atoms. The minimum atomic E-state index is -0.394. The number of carbonyl (C=O) groups is 1. The van der Waals surface area contributed by atoms with Crippen LogP contribution in [0.15, 0.2) is 12.7 Å². The molecule has 0 aromatic carbocycles. The van der Waals surface area contributed by atoms with Crippen LogP contribution in [0.5, 0.6) is 0 Å². The maximum absolute atomic E-state index is 9.84. The van der Waals surface area contributed by atoms with Crippen molar-refractivity contribution in [2.24, 2.45) is 5.73 Å². The van der Waals surface area contributed by atoms with Crippen molar-refractivity contribution in [1.29, 1.82) is 0 Å². The van der Waals surface area contributed by atoms with Gasteiger partial charge in [0.05, 0.1) is 7.11 Å². The lowest BCUT2D eigenvalue weighted by atomic mass is 10.7. The van der Waals surface area contributed by atoms with Crippen molar-refractivity contribution >= 4 is 5.97 Å². The molecule has 0 aromatic heterocycles. The molecule has 0 aliphatic carbocycles. The Hall–Kier alpha value is -0.830. The first-order valence-electron chi connectivity index (χ1n) is 2.63. The third-order valence-corrected chi connectivity index (χ3v) is 0.368. The van der Waals surface area contributed by atoms with Gasteiger partial charge in [-0.05, 0) is 6.54 Å². The van der Waals surface area contributed by atoms with Gasteiger partial charge in [-0.25, -0.2) is 4.79 Å². The number of esters is 1. The maximum Gasteiger partial charge on any atom is 0.329 e. The lowest BCUT2D eigenvalue weighted by Crippen LogP contribution is -1.91. The van der Waals surface area contributed by atoms with Gasteiger partial charge >= 0.3 is 5.97 Å². The summed E-state index contributed by atoms with van der Waals surface area (Å²) in [7, 11) is 1.31. The predicted octanol–water partition coefficient (Wildman–Crippen LogP) is 0.310. The number of hydrogen-bond acceptors (Lipinski definition) is 3. The fourth-order valence-corrected chi connectivity index (χ4v) is 0.0833. The molecule has 0 fully saturated rings. The van der Waals surface area contributed by atoms with E-state index in [1.807, 2.05) is 6.92 Å². The van der Waals surface area contributed by atoms with E-state index in [4.69, 9.17) is 5.73 Å². The lowest BCUT2D eigenvalue weighted by molar-refractivity contribution is -0.134. The van der Waals surface area contributed by atoms with Gasteiger partial charge in [-0.3, -0.25) is 0 Å². The molecule has 9 heavy (non-hydrogen) atoms. The maximum atomic E-state index is 9.84. The molecule has 0 atom stereocenters. The second kappa shape index (κ2) is 10.2. The average Bonchev–Trinajstić information content (AvgIpc) is 1.88. The van der Waals surface area contributed by atoms with Gasteiger partial charge in [0.25, 0.3) is 0 Å². The van der Waals surface area contributed by atoms with Gasteiger partial charge in [0.15, 0.2) is 0 Å². The van der Waals surface area contributed by atoms with Crippen LogP contribution in [-0.2, 0) is 9.53 Å². The van der Waals surface area contributed by atoms with Crippen LogP contribution in [0.2, 0.25) is 0 Å². The quantitative estimate of drug-likeness (QED) is 0.411. The average molecular weight is 131 g/mol. The van der Waals surface area contributed by atoms with E-state index in [2.05, 4.69) is 11.3 Å². The Kier molecular flexibility index (Phi) is 12.5. The van der Waals surface area contributed by atoms with Crippen molar-refractivity contribution < 1.29 is 9.53 Å². The summed E-state index contributed by atoms with van der Waals surface area (Å²) in [5.41, 5.74) is 4.85. The van der Waals surface area contributed by atoms with E-state index in [1.54, 1.807) is 0 Å². The van der Waals surface area contributed by atoms with E-state index in [1.165, 1.54) is 7.11 Å². The molecule has 0 saturated heterocycles. The number of methoxy groups -OCH3 is 1. The minimum absolute atomic E-state index is 0.394. The molecule has 0 bridgehead atoms. The van der Waals surface area contributed by atoms with Crippen LogP contribution >= 0.6 is 0 Å². The highest BCUT2D eigenvalue weighted by atomic mass is 16.5. The van der Waals surface area contributed by atoms with Crippen molar-refractivity contribution in [3.05, 3.63) is 12.7 Å². The molecule has 0 heterocycles. The summed E-state index contributed by atoms with van der Waals surface area (Å²) in [6.07, 6.45) is 1.11. The van der Waals surface area contributed by atoms with Gasteiger partial charge in [0, 0.05) is 6.08 Å². The largest absolute Gasteiger partial charge is 0.466 e. The minimum Gasteiger partial charge on any atom is -0.466 e. The van der Waals surface area contributed by atoms with Gasteiger partial charge in [0.2, 0.25) is 0 Å². The lowest BCUT2D eigenvalue weighted by Gasteiger charge is -1.83. The predicted molar refractivity (Wildman–Crippen MR) is 36.9 cm³/mol. The highest BCUT2D eigenvalue weighted by Crippen LogP contribution is 1.67. The van der Waals surface area contributed by atoms with Crippen molar-refractivity contribution in [2.75, 3.05) is 13.7 Å². The summed E-state index contributed by atoms with van der Waals surface area (Å²) in [5.74, 6) is -0.394. The monoisotopic (exact) mass is 131 g/mol. The first-order chi connectivity index (χ1) is 4.22. The van der Waals surface area contributed by atoms with Crippen LogP contribution in [0.4, 0.5) is 0 Å². The van der Waals surface area contributed by atoms with Crippen LogP contribution < -0.4 is 5.73 Å². The fraction of sp³-hybridized carbons (Fsp3) is 0.500. The molecule has 3 nitrogen and oxygen atoms in total. The summed E-state index contributed by atoms with van der Waals surface area (Å²) in [6, 6.07) is 0. The Morgan fingerprint density at radius 1 is 1.89 bits per heavy atom. The van der Waals surface area contributed by atoms with Crippen LogP contribution in [0, 0.1) is 0 Å². The molecule has 0 rings (SSSR count). The van der Waals surface area contributed by atoms with Crippen molar-refractivity contribution in [2.45, 2.75) is 6.92 Å². The molecular weight excluding hydrogens is 118 g/mol. The normalized spacial score (nSPS) is 6.56. The molecule has 2 N–H and O–H groups in total. The molecule has 0 amide bonds. The third kappa shape index (κ3) is 19.1. The van der Waals surface area contributed by atoms with E-state index < -0.39 is 5.97 Å². The zero-order valence-electron chi connectivity index (χ0n) is 5.89. The van der Waals surface area contributed by atoms with Crippen LogP contribution in [0.3, 0.4) is 0 Å². The summed E-state index contributed by atoms with van der Waals surface area (Å²) < 4.78 is 4.14. The Morgan fingerprint density at radius 2 is 2.22 bits per heavy atom. The van der Waals surface area contributed by atoms with Crippen LogP contribution in [0.1, 0.15) is 6.92 Å². The van der Waals surface area contributed by atoms with E-state index in [9.17, 15) is 4.79 Å². The number of rotatable bonds is 1. The molecule has 0 aromatic rings. The van der Waals surface area contributed by atoms with Crippen molar-refractivity contribution in [1.82, 2.24) is 0 Å². The van der Waals surface area contributed by atoms with E-state index in [0.717, 1.165) is 12.6 Å². The van der Waals surface area contributed by atoms with Gasteiger partial charge < -0.3 is 10.5 Å². The smallest absolute Gasteiger partial charge is 0.329 e. The molecule has 0 unspecified atom stereocenters. The number of nitrogens with two attached hydrogens (primary N) is 1. The Balaban J connectivity index is 0. The number of ether oxygens (including phenoxy) is 1. The van der Waals surface area contributed by atoms with Gasteiger partial charge in [0.1, 0.15) is 0 Å². The Morgan fingerprint density at radius 3 is 2.22 bits per heavy atom. The number of hydrogen-bond donors (Lipinski definition) is 1. The van der Waals surface area contributed by atoms with Crippen molar-refractivity contribution in [3.63, 3.8) is 0 Å². The zero-order valence-corrected chi connectivity index (χ0v) is 5.89. The Bertz CT molecular complexity index is 81.1. The molecule has 0 radical (unpaired) electrons. The summed E-state index contributed by atoms with van der Waals surface area (Å²) in [5, 5.41) is 0. The van der Waals surface area contributed by atoms with Gasteiger partial charge in [-0.2, -0.15) is 0 Å². The topological polar surface area (TPSA) is 52.3 Å². The molecule has 3 heteroatoms. The van der Waals surface area contributed by atoms with E-state index >= 15 is 0 Å². The third-order valence-electron chi connectivity index (χ3n) is 0.368. The van der Waals surface area contributed by atoms with E-state index in [-0.39, 0.29) is 0 Å². The number of carbonyl (C=O) groups excluding carboxylic acids is 1. The second-order valence-electron chi connectivity index (χ2n) is 1.14. The highest BCUT2D eigenvalue weighted by molar-refractivity contribution is 5.80. The highest BCUT2D eigenvalue weighted by Gasteiger charge is 1.81. The second-order valence-corrected chi connectivity index (χ2v) is 1.14. The Labute approximate surface area is 55.5 Å².